The number of anilines is 2. The third-order valence-electron chi connectivity index (χ3n) is 7.22. The molecular formula is C30H34FN7O3. The Morgan fingerprint density at radius 3 is 2.71 bits per heavy atom. The standard InChI is InChI=1S/C30H34FN7O3/c1-40-25-14-23(15-26(16-25)41-19-21-5-6-21)30(39)34-17-20-7-11-38(12-8-20)29-27(31)18-33-28(36-29)22-3-2-4-24(13-22)37-35-10-9-32/h2-4,9-10,13-16,18,20-21,32,37H,5-8,11-12,17,19H2,1H3,(H,34,39)/b32-9?,35-10-. The molecule has 10 nitrogen and oxygen atoms in total. The van der Waals surface area contributed by atoms with E-state index in [-0.39, 0.29) is 17.6 Å². The summed E-state index contributed by atoms with van der Waals surface area (Å²) in [5.41, 5.74) is 4.76. The normalized spacial score (nSPS) is 15.5. The van der Waals surface area contributed by atoms with E-state index in [0.29, 0.717) is 60.7 Å². The molecule has 214 valence electrons. The van der Waals surface area contributed by atoms with Gasteiger partial charge in [-0.3, -0.25) is 10.2 Å². The molecule has 2 fully saturated rings. The summed E-state index contributed by atoms with van der Waals surface area (Å²) in [5.74, 6) is 2.14. The largest absolute Gasteiger partial charge is 0.497 e. The van der Waals surface area contributed by atoms with Gasteiger partial charge >= 0.3 is 0 Å². The minimum Gasteiger partial charge on any atom is -0.497 e. The Kier molecular flexibility index (Phi) is 9.02. The molecule has 1 amide bonds. The first kappa shape index (κ1) is 28.0. The van der Waals surface area contributed by atoms with Crippen molar-refractivity contribution in [2.24, 2.45) is 16.9 Å². The molecule has 0 atom stereocenters. The average molecular weight is 560 g/mol. The minimum absolute atomic E-state index is 0.172. The fourth-order valence-corrected chi connectivity index (χ4v) is 4.69. The van der Waals surface area contributed by atoms with Gasteiger partial charge in [0.15, 0.2) is 17.5 Å². The van der Waals surface area contributed by atoms with E-state index >= 15 is 0 Å². The van der Waals surface area contributed by atoms with Crippen molar-refractivity contribution in [2.75, 3.05) is 43.7 Å². The molecule has 1 aromatic heterocycles. The molecule has 2 aliphatic rings. The summed E-state index contributed by atoms with van der Waals surface area (Å²) in [6, 6.07) is 12.6. The van der Waals surface area contributed by atoms with Crippen LogP contribution in [0.2, 0.25) is 0 Å². The number of aromatic nitrogens is 2. The van der Waals surface area contributed by atoms with E-state index < -0.39 is 5.82 Å². The zero-order valence-electron chi connectivity index (χ0n) is 23.0. The lowest BCUT2D eigenvalue weighted by Crippen LogP contribution is -2.39. The maximum Gasteiger partial charge on any atom is 0.251 e. The van der Waals surface area contributed by atoms with Crippen molar-refractivity contribution in [1.82, 2.24) is 15.3 Å². The molecule has 1 aliphatic heterocycles. The predicted molar refractivity (Wildman–Crippen MR) is 157 cm³/mol. The second kappa shape index (κ2) is 13.2. The second-order valence-electron chi connectivity index (χ2n) is 10.3. The van der Waals surface area contributed by atoms with Crippen molar-refractivity contribution in [1.29, 1.82) is 5.41 Å². The molecule has 1 saturated carbocycles. The highest BCUT2D eigenvalue weighted by atomic mass is 19.1. The highest BCUT2D eigenvalue weighted by Gasteiger charge is 2.25. The number of piperidine rings is 1. The number of hydrogen-bond donors (Lipinski definition) is 3. The van der Waals surface area contributed by atoms with Gasteiger partial charge < -0.3 is 25.1 Å². The van der Waals surface area contributed by atoms with E-state index in [9.17, 15) is 9.18 Å². The summed E-state index contributed by atoms with van der Waals surface area (Å²) in [7, 11) is 1.57. The monoisotopic (exact) mass is 559 g/mol. The van der Waals surface area contributed by atoms with E-state index in [4.69, 9.17) is 14.9 Å². The van der Waals surface area contributed by atoms with Crippen LogP contribution in [0, 0.1) is 23.1 Å². The van der Waals surface area contributed by atoms with Crippen LogP contribution in [0.1, 0.15) is 36.0 Å². The van der Waals surface area contributed by atoms with Gasteiger partial charge in [-0.1, -0.05) is 12.1 Å². The van der Waals surface area contributed by atoms with Gasteiger partial charge in [-0.2, -0.15) is 5.10 Å². The van der Waals surface area contributed by atoms with Gasteiger partial charge in [0.25, 0.3) is 5.91 Å². The number of hydrogen-bond acceptors (Lipinski definition) is 9. The molecule has 41 heavy (non-hydrogen) atoms. The van der Waals surface area contributed by atoms with Gasteiger partial charge in [0, 0.05) is 43.0 Å². The number of nitrogens with zero attached hydrogens (tertiary/aromatic N) is 4. The topological polar surface area (TPSA) is 125 Å². The fourth-order valence-electron chi connectivity index (χ4n) is 4.69. The first-order chi connectivity index (χ1) is 20.0. The van der Waals surface area contributed by atoms with E-state index in [0.717, 1.165) is 24.6 Å². The van der Waals surface area contributed by atoms with Crippen LogP contribution in [0.3, 0.4) is 0 Å². The number of benzene rings is 2. The Morgan fingerprint density at radius 2 is 1.95 bits per heavy atom. The summed E-state index contributed by atoms with van der Waals surface area (Å²) in [6.07, 6.45) is 7.56. The Labute approximate surface area is 238 Å². The maximum atomic E-state index is 14.8. The van der Waals surface area contributed by atoms with Crippen LogP contribution in [0.5, 0.6) is 11.5 Å². The maximum absolute atomic E-state index is 14.8. The van der Waals surface area contributed by atoms with Gasteiger partial charge in [-0.15, -0.1) is 0 Å². The summed E-state index contributed by atoms with van der Waals surface area (Å²) >= 11 is 0. The van der Waals surface area contributed by atoms with Crippen LogP contribution >= 0.6 is 0 Å². The van der Waals surface area contributed by atoms with Crippen molar-refractivity contribution in [3.8, 4) is 22.9 Å². The number of hydrazone groups is 1. The van der Waals surface area contributed by atoms with Crippen LogP contribution in [0.15, 0.2) is 53.8 Å². The lowest BCUT2D eigenvalue weighted by atomic mass is 9.96. The number of methoxy groups -OCH3 is 1. The van der Waals surface area contributed by atoms with E-state index in [1.807, 2.05) is 29.2 Å². The molecule has 3 N–H and O–H groups in total. The molecule has 1 saturated heterocycles. The third-order valence-corrected chi connectivity index (χ3v) is 7.22. The Bertz CT molecular complexity index is 1400. The number of carbonyl (C=O) groups excluding carboxylic acids is 1. The van der Waals surface area contributed by atoms with Crippen molar-refractivity contribution >= 4 is 29.8 Å². The summed E-state index contributed by atoms with van der Waals surface area (Å²) in [4.78, 5) is 23.6. The molecule has 11 heteroatoms. The van der Waals surface area contributed by atoms with Crippen molar-refractivity contribution in [2.45, 2.75) is 25.7 Å². The van der Waals surface area contributed by atoms with Crippen molar-refractivity contribution in [3.05, 3.63) is 60.0 Å². The number of carbonyl (C=O) groups is 1. The van der Waals surface area contributed by atoms with Crippen LogP contribution in [-0.2, 0) is 0 Å². The number of nitrogens with one attached hydrogen (secondary N) is 3. The van der Waals surface area contributed by atoms with Gasteiger partial charge in [-0.05, 0) is 61.8 Å². The second-order valence-corrected chi connectivity index (χ2v) is 10.3. The molecule has 2 heterocycles. The van der Waals surface area contributed by atoms with E-state index in [1.165, 1.54) is 25.3 Å². The van der Waals surface area contributed by atoms with E-state index in [2.05, 4.69) is 25.8 Å². The molecule has 0 bridgehead atoms. The zero-order valence-corrected chi connectivity index (χ0v) is 23.0. The zero-order chi connectivity index (χ0) is 28.6. The molecular weight excluding hydrogens is 525 g/mol. The molecule has 2 aromatic carbocycles. The molecule has 0 spiro atoms. The van der Waals surface area contributed by atoms with Gasteiger partial charge in [0.1, 0.15) is 11.5 Å². The average Bonchev–Trinajstić information content (AvgIpc) is 3.84. The number of ether oxygens (including phenoxy) is 2. The van der Waals surface area contributed by atoms with Crippen LogP contribution in [0.4, 0.5) is 15.9 Å². The van der Waals surface area contributed by atoms with Crippen molar-refractivity contribution in [3.63, 3.8) is 0 Å². The predicted octanol–water partition coefficient (Wildman–Crippen LogP) is 4.77. The number of halogens is 1. The molecule has 1 aliphatic carbocycles. The Balaban J connectivity index is 1.16. The van der Waals surface area contributed by atoms with Crippen LogP contribution in [-0.4, -0.2) is 61.7 Å². The SMILES string of the molecule is COc1cc(OCC2CC2)cc(C(=O)NCC2CCN(c3nc(-c4cccc(N/N=C\C=N)c4)ncc3F)CC2)c1. The van der Waals surface area contributed by atoms with Crippen molar-refractivity contribution < 1.29 is 18.7 Å². The molecule has 0 unspecified atom stereocenters. The van der Waals surface area contributed by atoms with E-state index in [1.54, 1.807) is 25.3 Å². The molecule has 0 radical (unpaired) electrons. The number of amides is 1. The first-order valence-corrected chi connectivity index (χ1v) is 13.8. The third kappa shape index (κ3) is 7.56. The Hall–Kier alpha value is -4.54. The summed E-state index contributed by atoms with van der Waals surface area (Å²) in [6.45, 7) is 2.42. The molecule has 5 rings (SSSR count). The smallest absolute Gasteiger partial charge is 0.251 e. The summed E-state index contributed by atoms with van der Waals surface area (Å²) in [5, 5.41) is 14.0. The first-order valence-electron chi connectivity index (χ1n) is 13.8. The fraction of sp³-hybridized carbons (Fsp3) is 0.367. The highest BCUT2D eigenvalue weighted by Crippen LogP contribution is 2.31. The lowest BCUT2D eigenvalue weighted by molar-refractivity contribution is 0.0944. The molecule has 3 aromatic rings. The van der Waals surface area contributed by atoms with Crippen LogP contribution in [0.25, 0.3) is 11.4 Å². The highest BCUT2D eigenvalue weighted by molar-refractivity contribution is 6.14. The quantitative estimate of drug-likeness (QED) is 0.216. The van der Waals surface area contributed by atoms with Gasteiger partial charge in [0.05, 0.1) is 31.8 Å². The van der Waals surface area contributed by atoms with Crippen LogP contribution < -0.4 is 25.1 Å². The number of rotatable bonds is 12. The van der Waals surface area contributed by atoms with Gasteiger partial charge in [-0.25, -0.2) is 14.4 Å². The van der Waals surface area contributed by atoms with Gasteiger partial charge in [0.2, 0.25) is 0 Å². The lowest BCUT2D eigenvalue weighted by Gasteiger charge is -2.33. The minimum atomic E-state index is -0.469. The summed E-state index contributed by atoms with van der Waals surface area (Å²) < 4.78 is 26.0. The Morgan fingerprint density at radius 1 is 1.15 bits per heavy atom.